The molecule has 1 atom stereocenters. The van der Waals surface area contributed by atoms with Gasteiger partial charge in [-0.25, -0.2) is 4.39 Å². The first kappa shape index (κ1) is 14.4. The molecule has 1 aliphatic rings. The minimum Gasteiger partial charge on any atom is -0.352 e. The van der Waals surface area contributed by atoms with Gasteiger partial charge in [0, 0.05) is 12.6 Å². The number of carbonyl (C=O) groups excluding carboxylic acids is 1. The third-order valence-electron chi connectivity index (χ3n) is 3.34. The van der Waals surface area contributed by atoms with Gasteiger partial charge in [0.15, 0.2) is 0 Å². The van der Waals surface area contributed by atoms with Gasteiger partial charge in [-0.3, -0.25) is 14.9 Å². The lowest BCUT2D eigenvalue weighted by atomic mass is 10.1. The van der Waals surface area contributed by atoms with Crippen LogP contribution in [-0.2, 0) is 0 Å². The Kier molecular flexibility index (Phi) is 4.62. The average molecular weight is 281 g/mol. The van der Waals surface area contributed by atoms with E-state index in [0.717, 1.165) is 44.0 Å². The molecule has 6 nitrogen and oxygen atoms in total. The van der Waals surface area contributed by atoms with Crippen LogP contribution in [0.15, 0.2) is 18.2 Å². The molecule has 1 aromatic rings. The molecule has 7 heteroatoms. The number of carbonyl (C=O) groups is 1. The van der Waals surface area contributed by atoms with Gasteiger partial charge in [0.1, 0.15) is 11.4 Å². The zero-order valence-corrected chi connectivity index (χ0v) is 10.9. The molecule has 0 spiro atoms. The van der Waals surface area contributed by atoms with Crippen molar-refractivity contribution in [3.05, 3.63) is 39.7 Å². The first-order chi connectivity index (χ1) is 9.58. The molecule has 108 valence electrons. The average Bonchev–Trinajstić information content (AvgIpc) is 2.91. The fourth-order valence-corrected chi connectivity index (χ4v) is 2.31. The molecule has 0 radical (unpaired) electrons. The number of hydrogen-bond donors (Lipinski definition) is 2. The number of nitro groups is 1. The minimum atomic E-state index is -0.753. The van der Waals surface area contributed by atoms with Gasteiger partial charge in [0.2, 0.25) is 0 Å². The third-order valence-corrected chi connectivity index (χ3v) is 3.34. The summed E-state index contributed by atoms with van der Waals surface area (Å²) in [6.07, 6.45) is 2.98. The lowest BCUT2D eigenvalue weighted by Gasteiger charge is -2.10. The maximum Gasteiger partial charge on any atom is 0.285 e. The van der Waals surface area contributed by atoms with Gasteiger partial charge >= 0.3 is 0 Å². The topological polar surface area (TPSA) is 84.3 Å². The summed E-state index contributed by atoms with van der Waals surface area (Å²) >= 11 is 0. The predicted molar refractivity (Wildman–Crippen MR) is 71.0 cm³/mol. The van der Waals surface area contributed by atoms with Crippen molar-refractivity contribution in [1.29, 1.82) is 0 Å². The number of halogens is 1. The fourth-order valence-electron chi connectivity index (χ4n) is 2.31. The maximum atomic E-state index is 13.0. The summed E-state index contributed by atoms with van der Waals surface area (Å²) in [6, 6.07) is 3.32. The Morgan fingerprint density at radius 1 is 1.55 bits per heavy atom. The highest BCUT2D eigenvalue weighted by Crippen LogP contribution is 2.19. The lowest BCUT2D eigenvalue weighted by molar-refractivity contribution is -0.385. The summed E-state index contributed by atoms with van der Waals surface area (Å²) in [5.41, 5.74) is -0.628. The van der Waals surface area contributed by atoms with Crippen LogP contribution in [0.4, 0.5) is 10.1 Å². The summed E-state index contributed by atoms with van der Waals surface area (Å²) in [5, 5.41) is 16.7. The molecule has 0 unspecified atom stereocenters. The van der Waals surface area contributed by atoms with E-state index in [1.807, 2.05) is 0 Å². The normalized spacial score (nSPS) is 17.9. The number of nitrogens with zero attached hydrogens (tertiary/aromatic N) is 1. The molecule has 1 aromatic carbocycles. The summed E-state index contributed by atoms with van der Waals surface area (Å²) in [7, 11) is 0. The van der Waals surface area contributed by atoms with Crippen molar-refractivity contribution >= 4 is 11.6 Å². The Hall–Kier alpha value is -2.02. The van der Waals surface area contributed by atoms with Crippen molar-refractivity contribution in [3.63, 3.8) is 0 Å². The number of amides is 1. The fraction of sp³-hybridized carbons (Fsp3) is 0.462. The molecule has 0 aliphatic carbocycles. The van der Waals surface area contributed by atoms with E-state index in [9.17, 15) is 19.3 Å². The van der Waals surface area contributed by atoms with Crippen molar-refractivity contribution in [3.8, 4) is 0 Å². The monoisotopic (exact) mass is 281 g/mol. The van der Waals surface area contributed by atoms with E-state index in [1.165, 1.54) is 0 Å². The highest BCUT2D eigenvalue weighted by atomic mass is 19.1. The molecule has 0 aromatic heterocycles. The minimum absolute atomic E-state index is 0.115. The van der Waals surface area contributed by atoms with Crippen molar-refractivity contribution in [2.45, 2.75) is 25.3 Å². The smallest absolute Gasteiger partial charge is 0.285 e. The van der Waals surface area contributed by atoms with E-state index in [-0.39, 0.29) is 5.56 Å². The van der Waals surface area contributed by atoms with Gasteiger partial charge in [-0.15, -0.1) is 0 Å². The van der Waals surface area contributed by atoms with Crippen LogP contribution >= 0.6 is 0 Å². The molecule has 1 saturated heterocycles. The zero-order chi connectivity index (χ0) is 14.5. The molecule has 1 fully saturated rings. The van der Waals surface area contributed by atoms with Crippen LogP contribution in [0, 0.1) is 15.9 Å². The van der Waals surface area contributed by atoms with E-state index in [4.69, 9.17) is 0 Å². The first-order valence-electron chi connectivity index (χ1n) is 6.53. The van der Waals surface area contributed by atoms with Crippen LogP contribution in [0.3, 0.4) is 0 Å². The molecule has 2 rings (SSSR count). The van der Waals surface area contributed by atoms with Crippen molar-refractivity contribution in [2.75, 3.05) is 13.1 Å². The molecule has 0 bridgehead atoms. The van der Waals surface area contributed by atoms with Gasteiger partial charge in [-0.2, -0.15) is 0 Å². The van der Waals surface area contributed by atoms with E-state index < -0.39 is 22.3 Å². The van der Waals surface area contributed by atoms with Crippen LogP contribution in [0.25, 0.3) is 0 Å². The predicted octanol–water partition coefficient (Wildman–Crippen LogP) is 1.61. The Bertz CT molecular complexity index is 516. The number of rotatable bonds is 5. The third kappa shape index (κ3) is 3.51. The molecular weight excluding hydrogens is 265 g/mol. The molecule has 2 N–H and O–H groups in total. The van der Waals surface area contributed by atoms with Crippen molar-refractivity contribution in [2.24, 2.45) is 0 Å². The number of nitrogens with one attached hydrogen (secondary N) is 2. The summed E-state index contributed by atoms with van der Waals surface area (Å²) in [4.78, 5) is 22.0. The van der Waals surface area contributed by atoms with Gasteiger partial charge in [0.05, 0.1) is 11.0 Å². The van der Waals surface area contributed by atoms with Gasteiger partial charge in [-0.05, 0) is 37.9 Å². The molecule has 1 heterocycles. The number of hydrogen-bond acceptors (Lipinski definition) is 4. The highest BCUT2D eigenvalue weighted by Gasteiger charge is 2.21. The summed E-state index contributed by atoms with van der Waals surface area (Å²) < 4.78 is 13.0. The van der Waals surface area contributed by atoms with E-state index in [0.29, 0.717) is 12.6 Å². The Balaban J connectivity index is 1.96. The van der Waals surface area contributed by atoms with Crippen LogP contribution in [0.2, 0.25) is 0 Å². The SMILES string of the molecule is O=C(NCC[C@@H]1CCCN1)c1ccc(F)cc1[N+](=O)[O-]. The lowest BCUT2D eigenvalue weighted by Crippen LogP contribution is -2.30. The Morgan fingerprint density at radius 2 is 2.35 bits per heavy atom. The summed E-state index contributed by atoms with van der Waals surface area (Å²) in [6.45, 7) is 1.42. The second kappa shape index (κ2) is 6.42. The Morgan fingerprint density at radius 3 is 3.00 bits per heavy atom. The molecule has 20 heavy (non-hydrogen) atoms. The van der Waals surface area contributed by atoms with Crippen LogP contribution in [0.1, 0.15) is 29.6 Å². The van der Waals surface area contributed by atoms with Gasteiger partial charge in [-0.1, -0.05) is 0 Å². The van der Waals surface area contributed by atoms with E-state index in [1.54, 1.807) is 0 Å². The quantitative estimate of drug-likeness (QED) is 0.634. The van der Waals surface area contributed by atoms with E-state index >= 15 is 0 Å². The van der Waals surface area contributed by atoms with Crippen LogP contribution in [0.5, 0.6) is 0 Å². The van der Waals surface area contributed by atoms with Gasteiger partial charge < -0.3 is 10.6 Å². The summed E-state index contributed by atoms with van der Waals surface area (Å²) in [5.74, 6) is -1.28. The molecule has 1 aliphatic heterocycles. The second-order valence-electron chi connectivity index (χ2n) is 4.76. The molecule has 1 amide bonds. The van der Waals surface area contributed by atoms with Gasteiger partial charge in [0.25, 0.3) is 11.6 Å². The van der Waals surface area contributed by atoms with Crippen molar-refractivity contribution in [1.82, 2.24) is 10.6 Å². The molecule has 0 saturated carbocycles. The maximum absolute atomic E-state index is 13.0. The standard InChI is InChI=1S/C13H16FN3O3/c14-9-3-4-11(12(8-9)17(19)20)13(18)16-7-5-10-2-1-6-15-10/h3-4,8,10,15H,1-2,5-7H2,(H,16,18)/t10-/m0/s1. The highest BCUT2D eigenvalue weighted by molar-refractivity contribution is 5.98. The van der Waals surface area contributed by atoms with E-state index in [2.05, 4.69) is 10.6 Å². The van der Waals surface area contributed by atoms with Crippen LogP contribution in [-0.4, -0.2) is 30.0 Å². The second-order valence-corrected chi connectivity index (χ2v) is 4.76. The number of nitro benzene ring substituents is 1. The number of benzene rings is 1. The zero-order valence-electron chi connectivity index (χ0n) is 10.9. The van der Waals surface area contributed by atoms with Crippen LogP contribution < -0.4 is 10.6 Å². The first-order valence-corrected chi connectivity index (χ1v) is 6.53. The Labute approximate surface area is 115 Å². The van der Waals surface area contributed by atoms with Crippen molar-refractivity contribution < 1.29 is 14.1 Å². The molecular formula is C13H16FN3O3. The largest absolute Gasteiger partial charge is 0.352 e.